The lowest BCUT2D eigenvalue weighted by Crippen LogP contribution is -2.48. The van der Waals surface area contributed by atoms with E-state index < -0.39 is 24.2 Å². The molecule has 0 saturated heterocycles. The maximum Gasteiger partial charge on any atom is 0.249 e. The highest BCUT2D eigenvalue weighted by Gasteiger charge is 2.22. The van der Waals surface area contributed by atoms with Crippen molar-refractivity contribution in [1.29, 1.82) is 0 Å². The number of unbranched alkanes of at least 4 members (excludes halogenated alkanes) is 19. The third kappa shape index (κ3) is 25.5. The summed E-state index contributed by atoms with van der Waals surface area (Å²) in [7, 11) is 0. The van der Waals surface area contributed by atoms with Gasteiger partial charge in [-0.1, -0.05) is 154 Å². The van der Waals surface area contributed by atoms with Gasteiger partial charge in [-0.25, -0.2) is 0 Å². The van der Waals surface area contributed by atoms with Gasteiger partial charge >= 0.3 is 0 Å². The molecule has 0 aromatic heterocycles. The molecule has 3 atom stereocenters. The van der Waals surface area contributed by atoms with Gasteiger partial charge in [0, 0.05) is 0 Å². The third-order valence-electron chi connectivity index (χ3n) is 7.54. The predicted molar refractivity (Wildman–Crippen MR) is 167 cm³/mol. The van der Waals surface area contributed by atoms with Crippen LogP contribution in [0.1, 0.15) is 162 Å². The molecule has 0 heterocycles. The standard InChI is InChI=1S/C34H65NO4/c1-3-5-7-9-11-13-15-17-19-20-22-24-26-28-32(37)31(30-36)35-34(39)33(38)29-27-25-23-21-18-16-14-12-10-8-6-4-2/h19-20,26,28,31-33,36-38H,3-18,21-25,27,29-30H2,1-2H3,(H,35,39)/b20-19+,28-26+/t31-,32+,33?/m0/s1. The van der Waals surface area contributed by atoms with Crippen LogP contribution >= 0.6 is 0 Å². The summed E-state index contributed by atoms with van der Waals surface area (Å²) >= 11 is 0. The molecular formula is C34H65NO4. The average Bonchev–Trinajstić information content (AvgIpc) is 2.94. The zero-order chi connectivity index (χ0) is 28.8. The molecule has 0 aliphatic carbocycles. The Labute approximate surface area is 241 Å². The molecule has 1 amide bonds. The van der Waals surface area contributed by atoms with Crippen molar-refractivity contribution in [2.24, 2.45) is 0 Å². The molecule has 5 heteroatoms. The first-order chi connectivity index (χ1) is 19.1. The highest BCUT2D eigenvalue weighted by Crippen LogP contribution is 2.13. The maximum atomic E-state index is 12.3. The number of allylic oxidation sites excluding steroid dienone is 3. The molecule has 0 aliphatic rings. The number of aliphatic hydroxyl groups excluding tert-OH is 3. The largest absolute Gasteiger partial charge is 0.394 e. The molecule has 230 valence electrons. The summed E-state index contributed by atoms with van der Waals surface area (Å²) in [5.41, 5.74) is 0. The summed E-state index contributed by atoms with van der Waals surface area (Å²) in [6.45, 7) is 4.12. The van der Waals surface area contributed by atoms with E-state index in [-0.39, 0.29) is 6.61 Å². The first-order valence-corrected chi connectivity index (χ1v) is 16.7. The number of hydrogen-bond acceptors (Lipinski definition) is 4. The summed E-state index contributed by atoms with van der Waals surface area (Å²) in [4.78, 5) is 12.3. The van der Waals surface area contributed by atoms with E-state index in [4.69, 9.17) is 0 Å². The summed E-state index contributed by atoms with van der Waals surface area (Å²) in [5.74, 6) is -0.516. The topological polar surface area (TPSA) is 89.8 Å². The van der Waals surface area contributed by atoms with Gasteiger partial charge in [0.25, 0.3) is 0 Å². The van der Waals surface area contributed by atoms with Crippen LogP contribution in [0.2, 0.25) is 0 Å². The lowest BCUT2D eigenvalue weighted by atomic mass is 10.0. The van der Waals surface area contributed by atoms with Crippen molar-refractivity contribution in [2.45, 2.75) is 180 Å². The Morgan fingerprint density at radius 1 is 0.615 bits per heavy atom. The first-order valence-electron chi connectivity index (χ1n) is 16.7. The summed E-state index contributed by atoms with van der Waals surface area (Å²) in [6, 6.07) is -0.807. The van der Waals surface area contributed by atoms with E-state index in [0.29, 0.717) is 6.42 Å². The van der Waals surface area contributed by atoms with Crippen molar-refractivity contribution in [3.63, 3.8) is 0 Å². The Balaban J connectivity index is 3.85. The number of amides is 1. The van der Waals surface area contributed by atoms with E-state index in [9.17, 15) is 20.1 Å². The van der Waals surface area contributed by atoms with Crippen LogP contribution in [0.4, 0.5) is 0 Å². The lowest BCUT2D eigenvalue weighted by molar-refractivity contribution is -0.131. The fourth-order valence-corrected chi connectivity index (χ4v) is 4.84. The van der Waals surface area contributed by atoms with Crippen LogP contribution in [0, 0.1) is 0 Å². The fraction of sp³-hybridized carbons (Fsp3) is 0.853. The number of rotatable bonds is 29. The molecule has 4 N–H and O–H groups in total. The van der Waals surface area contributed by atoms with Crippen LogP contribution in [0.3, 0.4) is 0 Å². The van der Waals surface area contributed by atoms with E-state index in [1.807, 2.05) is 6.08 Å². The molecule has 5 nitrogen and oxygen atoms in total. The van der Waals surface area contributed by atoms with Crippen molar-refractivity contribution in [3.8, 4) is 0 Å². The molecule has 0 aromatic carbocycles. The van der Waals surface area contributed by atoms with Crippen LogP contribution in [-0.2, 0) is 4.79 Å². The van der Waals surface area contributed by atoms with Crippen molar-refractivity contribution < 1.29 is 20.1 Å². The normalized spacial score (nSPS) is 14.3. The highest BCUT2D eigenvalue weighted by molar-refractivity contribution is 5.80. The molecule has 0 aromatic rings. The second kappa shape index (κ2) is 29.8. The van der Waals surface area contributed by atoms with Gasteiger partial charge in [0.2, 0.25) is 5.91 Å². The molecule has 0 rings (SSSR count). The third-order valence-corrected chi connectivity index (χ3v) is 7.54. The minimum atomic E-state index is -1.10. The van der Waals surface area contributed by atoms with Gasteiger partial charge in [-0.3, -0.25) is 4.79 Å². The average molecular weight is 552 g/mol. The zero-order valence-corrected chi connectivity index (χ0v) is 25.8. The minimum absolute atomic E-state index is 0.374. The highest BCUT2D eigenvalue weighted by atomic mass is 16.3. The number of nitrogens with one attached hydrogen (secondary N) is 1. The van der Waals surface area contributed by atoms with Crippen LogP contribution in [0.15, 0.2) is 24.3 Å². The van der Waals surface area contributed by atoms with Gasteiger partial charge in [-0.15, -0.1) is 0 Å². The second-order valence-electron chi connectivity index (χ2n) is 11.4. The van der Waals surface area contributed by atoms with E-state index in [1.165, 1.54) is 103 Å². The summed E-state index contributed by atoms with van der Waals surface area (Å²) in [6.07, 6.45) is 33.3. The smallest absolute Gasteiger partial charge is 0.249 e. The number of aliphatic hydroxyl groups is 3. The Kier molecular flexibility index (Phi) is 28.9. The van der Waals surface area contributed by atoms with Gasteiger partial charge in [0.1, 0.15) is 6.10 Å². The van der Waals surface area contributed by atoms with Crippen molar-refractivity contribution in [2.75, 3.05) is 6.61 Å². The number of carbonyl (C=O) groups excluding carboxylic acids is 1. The Bertz CT molecular complexity index is 578. The van der Waals surface area contributed by atoms with Gasteiger partial charge in [-0.2, -0.15) is 0 Å². The van der Waals surface area contributed by atoms with Crippen LogP contribution < -0.4 is 5.32 Å². The van der Waals surface area contributed by atoms with Gasteiger partial charge in [-0.05, 0) is 32.1 Å². The van der Waals surface area contributed by atoms with E-state index >= 15 is 0 Å². The quantitative estimate of drug-likeness (QED) is 0.0556. The van der Waals surface area contributed by atoms with Gasteiger partial charge in [0.05, 0.1) is 18.8 Å². The van der Waals surface area contributed by atoms with Crippen LogP contribution in [-0.4, -0.2) is 46.1 Å². The van der Waals surface area contributed by atoms with Gasteiger partial charge < -0.3 is 20.6 Å². The number of carbonyl (C=O) groups is 1. The van der Waals surface area contributed by atoms with E-state index in [1.54, 1.807) is 6.08 Å². The molecule has 0 spiro atoms. The molecule has 0 bridgehead atoms. The molecule has 0 saturated carbocycles. The molecule has 0 fully saturated rings. The van der Waals surface area contributed by atoms with Crippen molar-refractivity contribution in [1.82, 2.24) is 5.32 Å². The Morgan fingerprint density at radius 2 is 1.05 bits per heavy atom. The number of hydrogen-bond donors (Lipinski definition) is 4. The molecular weight excluding hydrogens is 486 g/mol. The Hall–Kier alpha value is -1.17. The predicted octanol–water partition coefficient (Wildman–Crippen LogP) is 8.31. The van der Waals surface area contributed by atoms with E-state index in [2.05, 4.69) is 31.3 Å². The zero-order valence-electron chi connectivity index (χ0n) is 25.8. The summed E-state index contributed by atoms with van der Waals surface area (Å²) < 4.78 is 0. The second-order valence-corrected chi connectivity index (χ2v) is 11.4. The Morgan fingerprint density at radius 3 is 1.56 bits per heavy atom. The fourth-order valence-electron chi connectivity index (χ4n) is 4.84. The monoisotopic (exact) mass is 551 g/mol. The molecule has 0 radical (unpaired) electrons. The first kappa shape index (κ1) is 37.8. The van der Waals surface area contributed by atoms with E-state index in [0.717, 1.165) is 38.5 Å². The maximum absolute atomic E-state index is 12.3. The van der Waals surface area contributed by atoms with Crippen molar-refractivity contribution in [3.05, 3.63) is 24.3 Å². The van der Waals surface area contributed by atoms with Crippen LogP contribution in [0.5, 0.6) is 0 Å². The van der Waals surface area contributed by atoms with Crippen molar-refractivity contribution >= 4 is 5.91 Å². The summed E-state index contributed by atoms with van der Waals surface area (Å²) in [5, 5.41) is 32.8. The molecule has 39 heavy (non-hydrogen) atoms. The van der Waals surface area contributed by atoms with Gasteiger partial charge in [0.15, 0.2) is 0 Å². The van der Waals surface area contributed by atoms with Crippen LogP contribution in [0.25, 0.3) is 0 Å². The molecule has 0 aliphatic heterocycles. The lowest BCUT2D eigenvalue weighted by Gasteiger charge is -2.21. The minimum Gasteiger partial charge on any atom is -0.394 e. The molecule has 1 unspecified atom stereocenters. The SMILES string of the molecule is CCCCCCCCC/C=C/CC/C=C/[C@@H](O)[C@H](CO)NC(=O)C(O)CCCCCCCCCCCCCC.